The Kier molecular flexibility index (Phi) is 5.36. The van der Waals surface area contributed by atoms with E-state index in [1.54, 1.807) is 18.2 Å². The van der Waals surface area contributed by atoms with E-state index in [1.807, 2.05) is 0 Å². The van der Waals surface area contributed by atoms with E-state index in [2.05, 4.69) is 15.5 Å². The van der Waals surface area contributed by atoms with Crippen LogP contribution >= 0.6 is 0 Å². The number of alkyl halides is 3. The smallest absolute Gasteiger partial charge is 0.437 e. The summed E-state index contributed by atoms with van der Waals surface area (Å²) in [6, 6.07) is 3.42. The number of hydrogen-bond donors (Lipinski definition) is 1. The Labute approximate surface area is 161 Å². The lowest BCUT2D eigenvalue weighted by molar-refractivity contribution is -0.142. The molecule has 0 bridgehead atoms. The Bertz CT molecular complexity index is 1110. The number of hydrazone groups is 1. The molecule has 2 aromatic rings. The summed E-state index contributed by atoms with van der Waals surface area (Å²) in [5.74, 6) is -2.40. The minimum absolute atomic E-state index is 0.0839. The van der Waals surface area contributed by atoms with Gasteiger partial charge < -0.3 is 10.2 Å². The Morgan fingerprint density at radius 3 is 2.76 bits per heavy atom. The maximum Gasteiger partial charge on any atom is 0.437 e. The van der Waals surface area contributed by atoms with Crippen molar-refractivity contribution in [2.75, 3.05) is 6.54 Å². The van der Waals surface area contributed by atoms with E-state index < -0.39 is 29.0 Å². The zero-order valence-electron chi connectivity index (χ0n) is 14.9. The molecule has 0 spiro atoms. The Morgan fingerprint density at radius 1 is 1.38 bits per heavy atom. The number of allylic oxidation sites excluding steroid dienone is 1. The molecule has 150 valence electrons. The van der Waals surface area contributed by atoms with Gasteiger partial charge in [-0.25, -0.2) is 9.37 Å². The number of benzene rings is 1. The lowest BCUT2D eigenvalue weighted by Crippen LogP contribution is -2.29. The first-order valence-electron chi connectivity index (χ1n) is 8.21. The quantitative estimate of drug-likeness (QED) is 0.787. The molecule has 2 heterocycles. The van der Waals surface area contributed by atoms with Crippen molar-refractivity contribution in [1.29, 1.82) is 5.26 Å². The van der Waals surface area contributed by atoms with Crippen molar-refractivity contribution in [3.05, 3.63) is 63.6 Å². The first kappa shape index (κ1) is 20.1. The topological polar surface area (TPSA) is 92.3 Å². The van der Waals surface area contributed by atoms with E-state index in [0.29, 0.717) is 12.3 Å². The Hall–Kier alpha value is -3.68. The van der Waals surface area contributed by atoms with E-state index in [-0.39, 0.29) is 23.4 Å². The summed E-state index contributed by atoms with van der Waals surface area (Å²) in [5.41, 5.74) is 0.328. The molecule has 0 saturated heterocycles. The third-order valence-corrected chi connectivity index (χ3v) is 4.00. The van der Waals surface area contributed by atoms with Crippen molar-refractivity contribution in [2.24, 2.45) is 5.10 Å². The first-order valence-corrected chi connectivity index (χ1v) is 8.21. The second-order valence-corrected chi connectivity index (χ2v) is 6.01. The first-order chi connectivity index (χ1) is 13.7. The third-order valence-electron chi connectivity index (χ3n) is 4.00. The molecule has 11 heteroatoms. The minimum Gasteiger partial charge on any atom is -0.449 e. The van der Waals surface area contributed by atoms with Gasteiger partial charge in [-0.05, 0) is 19.1 Å². The van der Waals surface area contributed by atoms with Crippen molar-refractivity contribution < 1.29 is 22.3 Å². The van der Waals surface area contributed by atoms with Crippen LogP contribution in [0.15, 0.2) is 40.5 Å². The monoisotopic (exact) mass is 407 g/mol. The average Bonchev–Trinajstić information content (AvgIpc) is 2.67. The van der Waals surface area contributed by atoms with Crippen molar-refractivity contribution >= 4 is 5.71 Å². The third kappa shape index (κ3) is 4.26. The number of nitriles is 1. The van der Waals surface area contributed by atoms with Crippen LogP contribution in [0.4, 0.5) is 17.6 Å². The fourth-order valence-electron chi connectivity index (χ4n) is 2.56. The van der Waals surface area contributed by atoms with Crippen molar-refractivity contribution in [3.8, 4) is 17.6 Å². The predicted molar refractivity (Wildman–Crippen MR) is 94.0 cm³/mol. The van der Waals surface area contributed by atoms with Crippen LogP contribution in [-0.4, -0.2) is 21.8 Å². The molecule has 1 N–H and O–H groups in total. The molecule has 0 radical (unpaired) electrons. The molecule has 0 atom stereocenters. The lowest BCUT2D eigenvalue weighted by atomic mass is 10.1. The maximum atomic E-state index is 13.7. The van der Waals surface area contributed by atoms with Gasteiger partial charge in [0.05, 0.1) is 36.8 Å². The molecule has 0 saturated carbocycles. The van der Waals surface area contributed by atoms with Crippen molar-refractivity contribution in [3.63, 3.8) is 0 Å². The van der Waals surface area contributed by atoms with Gasteiger partial charge in [0.2, 0.25) is 5.75 Å². The maximum absolute atomic E-state index is 13.7. The number of aromatic nitrogens is 2. The van der Waals surface area contributed by atoms with Gasteiger partial charge in [-0.2, -0.15) is 23.5 Å². The molecule has 1 aromatic heterocycles. The predicted octanol–water partition coefficient (Wildman–Crippen LogP) is 2.89. The van der Waals surface area contributed by atoms with Gasteiger partial charge >= 0.3 is 6.18 Å². The van der Waals surface area contributed by atoms with Gasteiger partial charge in [-0.15, -0.1) is 0 Å². The zero-order valence-corrected chi connectivity index (χ0v) is 14.9. The average molecular weight is 407 g/mol. The molecule has 0 amide bonds. The standard InChI is InChI=1S/C18H13F4N5O2/c1-10-11(7-23)5-12(19)6-14(10)29-15-16(18(20,21)22)24-9-27(17(15)28)8-13-3-2-4-25-26-13/h2-3,5-6,9,25H,4,8H2,1H3. The van der Waals surface area contributed by atoms with E-state index in [1.165, 1.54) is 6.92 Å². The number of hydrogen-bond acceptors (Lipinski definition) is 6. The number of nitrogens with one attached hydrogen (secondary N) is 1. The van der Waals surface area contributed by atoms with Crippen LogP contribution < -0.4 is 15.7 Å². The van der Waals surface area contributed by atoms with Gasteiger partial charge in [0.1, 0.15) is 11.6 Å². The molecule has 0 unspecified atom stereocenters. The van der Waals surface area contributed by atoms with Crippen LogP contribution in [0.2, 0.25) is 0 Å². The molecule has 1 aromatic carbocycles. The molecular formula is C18H13F4N5O2. The molecular weight excluding hydrogens is 394 g/mol. The van der Waals surface area contributed by atoms with Gasteiger partial charge in [0, 0.05) is 11.6 Å². The van der Waals surface area contributed by atoms with Gasteiger partial charge in [0.15, 0.2) is 5.69 Å². The summed E-state index contributed by atoms with van der Waals surface area (Å²) in [4.78, 5) is 16.0. The molecule has 7 nitrogen and oxygen atoms in total. The second-order valence-electron chi connectivity index (χ2n) is 6.01. The van der Waals surface area contributed by atoms with Crippen LogP contribution in [0.25, 0.3) is 0 Å². The fraction of sp³-hybridized carbons (Fsp3) is 0.222. The Morgan fingerprint density at radius 2 is 2.14 bits per heavy atom. The summed E-state index contributed by atoms with van der Waals surface area (Å²) in [6.07, 6.45) is -0.919. The minimum atomic E-state index is -4.99. The molecule has 1 aliphatic rings. The fourth-order valence-corrected chi connectivity index (χ4v) is 2.56. The van der Waals surface area contributed by atoms with Crippen LogP contribution in [0, 0.1) is 24.1 Å². The number of halogens is 4. The molecule has 0 aliphatic carbocycles. The van der Waals surface area contributed by atoms with Gasteiger partial charge in [-0.3, -0.25) is 9.36 Å². The van der Waals surface area contributed by atoms with Crippen LogP contribution in [0.5, 0.6) is 11.5 Å². The van der Waals surface area contributed by atoms with E-state index >= 15 is 0 Å². The van der Waals surface area contributed by atoms with Gasteiger partial charge in [0.25, 0.3) is 5.56 Å². The normalized spacial score (nSPS) is 13.4. The SMILES string of the molecule is Cc1c(C#N)cc(F)cc1Oc1c(C(F)(F)F)ncn(CC2=NNCC=C2)c1=O. The summed E-state index contributed by atoms with van der Waals surface area (Å²) >= 11 is 0. The molecule has 29 heavy (non-hydrogen) atoms. The van der Waals surface area contributed by atoms with E-state index in [9.17, 15) is 22.4 Å². The molecule has 1 aliphatic heterocycles. The highest BCUT2D eigenvalue weighted by Gasteiger charge is 2.39. The molecule has 0 fully saturated rings. The van der Waals surface area contributed by atoms with Gasteiger partial charge in [-0.1, -0.05) is 6.08 Å². The van der Waals surface area contributed by atoms with Crippen molar-refractivity contribution in [2.45, 2.75) is 19.6 Å². The van der Waals surface area contributed by atoms with E-state index in [0.717, 1.165) is 23.0 Å². The van der Waals surface area contributed by atoms with E-state index in [4.69, 9.17) is 10.00 Å². The molecule has 3 rings (SSSR count). The largest absolute Gasteiger partial charge is 0.449 e. The number of ether oxygens (including phenoxy) is 1. The summed E-state index contributed by atoms with van der Waals surface area (Å²) in [6.45, 7) is 1.69. The highest BCUT2D eigenvalue weighted by molar-refractivity contribution is 5.95. The second kappa shape index (κ2) is 7.75. The zero-order chi connectivity index (χ0) is 21.2. The summed E-state index contributed by atoms with van der Waals surface area (Å²) in [7, 11) is 0. The summed E-state index contributed by atoms with van der Waals surface area (Å²) in [5, 5.41) is 13.0. The highest BCUT2D eigenvalue weighted by Crippen LogP contribution is 2.35. The van der Waals surface area contributed by atoms with Crippen LogP contribution in [0.1, 0.15) is 16.8 Å². The number of nitrogens with zero attached hydrogens (tertiary/aromatic N) is 4. The van der Waals surface area contributed by atoms with Crippen LogP contribution in [-0.2, 0) is 12.7 Å². The Balaban J connectivity index is 2.11. The van der Waals surface area contributed by atoms with Crippen molar-refractivity contribution in [1.82, 2.24) is 15.0 Å². The lowest BCUT2D eigenvalue weighted by Gasteiger charge is -2.16. The number of rotatable bonds is 4. The highest BCUT2D eigenvalue weighted by atomic mass is 19.4. The summed E-state index contributed by atoms with van der Waals surface area (Å²) < 4.78 is 60.0. The van der Waals surface area contributed by atoms with Crippen LogP contribution in [0.3, 0.4) is 0 Å².